The molecule has 0 saturated heterocycles. The molecule has 1 saturated carbocycles. The highest BCUT2D eigenvalue weighted by molar-refractivity contribution is 5.92. The standard InChI is InChI=1S/C25H29NO5/c1-18(31-24(29)26(3)25(2)15-8-7-14-22(25)27)30-23(28)21-13-9-12-20(17-21)16-19-10-5-4-6-11-19/h4-6,9-13,17-18H,7-8,14-16H2,1-3H3/t18?,25-/m1/s1. The van der Waals surface area contributed by atoms with Crippen LogP contribution in [-0.2, 0) is 20.7 Å². The average molecular weight is 424 g/mol. The van der Waals surface area contributed by atoms with Crippen LogP contribution in [0.2, 0.25) is 0 Å². The number of amides is 1. The van der Waals surface area contributed by atoms with Gasteiger partial charge in [-0.05, 0) is 49.4 Å². The van der Waals surface area contributed by atoms with Crippen molar-refractivity contribution >= 4 is 17.8 Å². The topological polar surface area (TPSA) is 72.9 Å². The van der Waals surface area contributed by atoms with Gasteiger partial charge < -0.3 is 9.47 Å². The highest BCUT2D eigenvalue weighted by Crippen LogP contribution is 2.30. The molecule has 6 nitrogen and oxygen atoms in total. The van der Waals surface area contributed by atoms with Crippen molar-refractivity contribution in [3.05, 3.63) is 71.3 Å². The lowest BCUT2D eigenvalue weighted by Gasteiger charge is -2.39. The van der Waals surface area contributed by atoms with Gasteiger partial charge in [0.1, 0.15) is 5.54 Å². The Labute approximate surface area is 183 Å². The van der Waals surface area contributed by atoms with E-state index in [1.54, 1.807) is 32.2 Å². The van der Waals surface area contributed by atoms with E-state index < -0.39 is 23.9 Å². The van der Waals surface area contributed by atoms with E-state index in [4.69, 9.17) is 9.47 Å². The van der Waals surface area contributed by atoms with Crippen molar-refractivity contribution in [3.8, 4) is 0 Å². The molecule has 2 aromatic rings. The van der Waals surface area contributed by atoms with E-state index in [1.807, 2.05) is 36.4 Å². The zero-order valence-corrected chi connectivity index (χ0v) is 18.3. The SMILES string of the molecule is CC(OC(=O)c1cccc(Cc2ccccc2)c1)OC(=O)N(C)[C@]1(C)CCCCC1=O. The Bertz CT molecular complexity index is 942. The summed E-state index contributed by atoms with van der Waals surface area (Å²) in [7, 11) is 1.55. The molecule has 2 atom stereocenters. The maximum absolute atomic E-state index is 12.5. The van der Waals surface area contributed by atoms with Gasteiger partial charge in [0.05, 0.1) is 5.56 Å². The van der Waals surface area contributed by atoms with E-state index in [-0.39, 0.29) is 5.78 Å². The lowest BCUT2D eigenvalue weighted by Crippen LogP contribution is -2.55. The van der Waals surface area contributed by atoms with E-state index >= 15 is 0 Å². The second-order valence-corrected chi connectivity index (χ2v) is 8.18. The lowest BCUT2D eigenvalue weighted by atomic mass is 9.81. The van der Waals surface area contributed by atoms with E-state index in [0.717, 1.165) is 24.0 Å². The molecule has 0 spiro atoms. The predicted octanol–water partition coefficient (Wildman–Crippen LogP) is 4.75. The molecule has 31 heavy (non-hydrogen) atoms. The Kier molecular flexibility index (Phi) is 7.10. The second kappa shape index (κ2) is 9.77. The number of hydrogen-bond donors (Lipinski definition) is 0. The van der Waals surface area contributed by atoms with E-state index in [9.17, 15) is 14.4 Å². The maximum Gasteiger partial charge on any atom is 0.413 e. The summed E-state index contributed by atoms with van der Waals surface area (Å²) in [5.41, 5.74) is 1.63. The Morgan fingerprint density at radius 1 is 1.03 bits per heavy atom. The van der Waals surface area contributed by atoms with Gasteiger partial charge in [0.15, 0.2) is 5.78 Å². The van der Waals surface area contributed by atoms with Crippen LogP contribution in [0, 0.1) is 0 Å². The first-order chi connectivity index (χ1) is 14.8. The number of nitrogens with zero attached hydrogens (tertiary/aromatic N) is 1. The monoisotopic (exact) mass is 423 g/mol. The number of rotatable bonds is 6. The minimum atomic E-state index is -1.08. The van der Waals surface area contributed by atoms with Crippen LogP contribution in [0.4, 0.5) is 4.79 Å². The average Bonchev–Trinajstić information content (AvgIpc) is 2.76. The molecule has 0 aromatic heterocycles. The summed E-state index contributed by atoms with van der Waals surface area (Å²) in [6, 6.07) is 17.2. The number of ketones is 1. The minimum absolute atomic E-state index is 0.0260. The van der Waals surface area contributed by atoms with Crippen LogP contribution in [0.1, 0.15) is 61.0 Å². The van der Waals surface area contributed by atoms with Crippen LogP contribution >= 0.6 is 0 Å². The Morgan fingerprint density at radius 3 is 2.45 bits per heavy atom. The van der Waals surface area contributed by atoms with Gasteiger partial charge >= 0.3 is 12.1 Å². The third kappa shape index (κ3) is 5.51. The Hall–Kier alpha value is -3.15. The van der Waals surface area contributed by atoms with Gasteiger partial charge in [-0.3, -0.25) is 9.69 Å². The number of benzene rings is 2. The van der Waals surface area contributed by atoms with Crippen molar-refractivity contribution in [2.24, 2.45) is 0 Å². The van der Waals surface area contributed by atoms with Gasteiger partial charge in [-0.15, -0.1) is 0 Å². The quantitative estimate of drug-likeness (QED) is 0.495. The van der Waals surface area contributed by atoms with Crippen molar-refractivity contribution in [1.29, 1.82) is 0 Å². The Morgan fingerprint density at radius 2 is 1.74 bits per heavy atom. The molecule has 1 unspecified atom stereocenters. The zero-order chi connectivity index (χ0) is 22.4. The van der Waals surface area contributed by atoms with Gasteiger partial charge in [0.2, 0.25) is 6.29 Å². The molecule has 0 radical (unpaired) electrons. The molecular formula is C25H29NO5. The van der Waals surface area contributed by atoms with Crippen molar-refractivity contribution in [1.82, 2.24) is 4.90 Å². The van der Waals surface area contributed by atoms with Crippen molar-refractivity contribution in [2.45, 2.75) is 57.8 Å². The summed E-state index contributed by atoms with van der Waals surface area (Å²) < 4.78 is 10.6. The van der Waals surface area contributed by atoms with Crippen LogP contribution in [0.25, 0.3) is 0 Å². The summed E-state index contributed by atoms with van der Waals surface area (Å²) in [6.45, 7) is 3.24. The van der Waals surface area contributed by atoms with Crippen LogP contribution in [0.15, 0.2) is 54.6 Å². The first-order valence-corrected chi connectivity index (χ1v) is 10.6. The Balaban J connectivity index is 1.58. The molecule has 3 rings (SSSR count). The normalized spacial score (nSPS) is 19.4. The number of carbonyl (C=O) groups excluding carboxylic acids is 3. The highest BCUT2D eigenvalue weighted by atomic mass is 16.7. The maximum atomic E-state index is 12.5. The number of Topliss-reactive ketones (excluding diaryl/α,β-unsaturated/α-hetero) is 1. The fourth-order valence-corrected chi connectivity index (χ4v) is 3.82. The van der Waals surface area contributed by atoms with E-state index in [2.05, 4.69) is 0 Å². The van der Waals surface area contributed by atoms with E-state index in [1.165, 1.54) is 11.8 Å². The van der Waals surface area contributed by atoms with Crippen molar-refractivity contribution in [2.75, 3.05) is 7.05 Å². The fourth-order valence-electron chi connectivity index (χ4n) is 3.82. The van der Waals surface area contributed by atoms with Crippen LogP contribution in [-0.4, -0.2) is 41.6 Å². The molecule has 1 amide bonds. The number of esters is 1. The number of ether oxygens (including phenoxy) is 2. The molecular weight excluding hydrogens is 394 g/mol. The summed E-state index contributed by atoms with van der Waals surface area (Å²) in [5, 5.41) is 0. The molecule has 2 aromatic carbocycles. The van der Waals surface area contributed by atoms with Gasteiger partial charge in [0.25, 0.3) is 0 Å². The number of carbonyl (C=O) groups is 3. The number of likely N-dealkylation sites (N-methyl/N-ethyl adjacent to an activating group) is 1. The predicted molar refractivity (Wildman–Crippen MR) is 117 cm³/mol. The molecule has 1 aliphatic carbocycles. The molecule has 0 bridgehead atoms. The van der Waals surface area contributed by atoms with E-state index in [0.29, 0.717) is 24.8 Å². The summed E-state index contributed by atoms with van der Waals surface area (Å²) in [5.74, 6) is -0.545. The van der Waals surface area contributed by atoms with Crippen molar-refractivity contribution in [3.63, 3.8) is 0 Å². The molecule has 0 heterocycles. The highest BCUT2D eigenvalue weighted by Gasteiger charge is 2.42. The van der Waals surface area contributed by atoms with Gasteiger partial charge in [-0.2, -0.15) is 0 Å². The zero-order valence-electron chi connectivity index (χ0n) is 18.3. The summed E-state index contributed by atoms with van der Waals surface area (Å²) >= 11 is 0. The van der Waals surface area contributed by atoms with Gasteiger partial charge in [-0.25, -0.2) is 9.59 Å². The third-order valence-electron chi connectivity index (χ3n) is 5.89. The van der Waals surface area contributed by atoms with Gasteiger partial charge in [-0.1, -0.05) is 48.9 Å². The first-order valence-electron chi connectivity index (χ1n) is 10.6. The van der Waals surface area contributed by atoms with Crippen LogP contribution in [0.3, 0.4) is 0 Å². The first kappa shape index (κ1) is 22.5. The minimum Gasteiger partial charge on any atom is -0.422 e. The third-order valence-corrected chi connectivity index (χ3v) is 5.89. The number of hydrogen-bond acceptors (Lipinski definition) is 5. The summed E-state index contributed by atoms with van der Waals surface area (Å²) in [6.07, 6.45) is 1.71. The second-order valence-electron chi connectivity index (χ2n) is 8.18. The van der Waals surface area contributed by atoms with Gasteiger partial charge in [0, 0.05) is 20.4 Å². The van der Waals surface area contributed by atoms with Crippen LogP contribution in [0.5, 0.6) is 0 Å². The summed E-state index contributed by atoms with van der Waals surface area (Å²) in [4.78, 5) is 38.7. The largest absolute Gasteiger partial charge is 0.422 e. The van der Waals surface area contributed by atoms with Crippen LogP contribution < -0.4 is 0 Å². The lowest BCUT2D eigenvalue weighted by molar-refractivity contribution is -0.133. The molecule has 0 N–H and O–H groups in total. The molecule has 1 fully saturated rings. The smallest absolute Gasteiger partial charge is 0.413 e. The van der Waals surface area contributed by atoms with Crippen molar-refractivity contribution < 1.29 is 23.9 Å². The molecule has 1 aliphatic rings. The fraction of sp³-hybridized carbons (Fsp3) is 0.400. The molecule has 6 heteroatoms. The molecule has 0 aliphatic heterocycles. The molecule has 164 valence electrons.